The van der Waals surface area contributed by atoms with Gasteiger partial charge in [0.1, 0.15) is 5.75 Å². The van der Waals surface area contributed by atoms with Crippen LogP contribution in [0.25, 0.3) is 0 Å². The Labute approximate surface area is 166 Å². The van der Waals surface area contributed by atoms with Crippen LogP contribution in [0.15, 0.2) is 27.4 Å². The van der Waals surface area contributed by atoms with Gasteiger partial charge >= 0.3 is 0 Å². The van der Waals surface area contributed by atoms with Gasteiger partial charge in [0, 0.05) is 38.1 Å². The van der Waals surface area contributed by atoms with Crippen molar-refractivity contribution in [2.24, 2.45) is 0 Å². The first kappa shape index (κ1) is 19.5. The zero-order valence-corrected chi connectivity index (χ0v) is 17.2. The molecule has 1 aliphatic heterocycles. The lowest BCUT2D eigenvalue weighted by molar-refractivity contribution is -0.119. The average molecular weight is 407 g/mol. The van der Waals surface area contributed by atoms with Gasteiger partial charge in [0.15, 0.2) is 5.13 Å². The number of ether oxygens (including phenoxy) is 1. The second-order valence-electron chi connectivity index (χ2n) is 6.09. The Kier molecular flexibility index (Phi) is 6.22. The third-order valence-electron chi connectivity index (χ3n) is 4.39. The van der Waals surface area contributed by atoms with Crippen LogP contribution in [0.2, 0.25) is 0 Å². The quantitative estimate of drug-likeness (QED) is 0.743. The molecule has 1 aromatic heterocycles. The maximum absolute atomic E-state index is 13.1. The Balaban J connectivity index is 1.85. The highest BCUT2D eigenvalue weighted by atomic mass is 32.2. The molecule has 0 unspecified atom stereocenters. The number of benzene rings is 1. The predicted molar refractivity (Wildman–Crippen MR) is 107 cm³/mol. The normalized spacial score (nSPS) is 14.2. The molecule has 0 spiro atoms. The third kappa shape index (κ3) is 4.36. The van der Waals surface area contributed by atoms with E-state index in [4.69, 9.17) is 4.74 Å². The first-order valence-electron chi connectivity index (χ1n) is 8.54. The fourth-order valence-corrected chi connectivity index (χ4v) is 4.73. The Morgan fingerprint density at radius 1 is 1.33 bits per heavy atom. The van der Waals surface area contributed by atoms with Gasteiger partial charge in [-0.25, -0.2) is 4.98 Å². The molecule has 27 heavy (non-hydrogen) atoms. The smallest absolute Gasteiger partial charge is 0.257 e. The maximum Gasteiger partial charge on any atom is 0.257 e. The van der Waals surface area contributed by atoms with Crippen LogP contribution < -0.4 is 10.1 Å². The Morgan fingerprint density at radius 2 is 2.07 bits per heavy atom. The largest absolute Gasteiger partial charge is 0.496 e. The van der Waals surface area contributed by atoms with E-state index in [2.05, 4.69) is 10.3 Å². The van der Waals surface area contributed by atoms with E-state index in [1.54, 1.807) is 40.0 Å². The summed E-state index contributed by atoms with van der Waals surface area (Å²) in [6.45, 7) is 4.16. The molecule has 0 bridgehead atoms. The van der Waals surface area contributed by atoms with Gasteiger partial charge in [-0.3, -0.25) is 9.59 Å². The molecule has 0 atom stereocenters. The Hall–Kier alpha value is -2.26. The minimum Gasteiger partial charge on any atom is -0.496 e. The van der Waals surface area contributed by atoms with Gasteiger partial charge in [-0.1, -0.05) is 23.1 Å². The molecule has 2 heterocycles. The topological polar surface area (TPSA) is 74.8 Å². The molecule has 1 aliphatic rings. The van der Waals surface area contributed by atoms with E-state index in [1.165, 1.54) is 0 Å². The number of carbonyl (C=O) groups excluding carboxylic acids is 2. The summed E-state index contributed by atoms with van der Waals surface area (Å²) in [5.74, 6) is 0.499. The number of aromatic nitrogens is 1. The summed E-state index contributed by atoms with van der Waals surface area (Å²) in [5, 5.41) is 3.89. The van der Waals surface area contributed by atoms with Crippen molar-refractivity contribution in [2.45, 2.75) is 16.0 Å². The number of nitrogens with one attached hydrogen (secondary N) is 1. The van der Waals surface area contributed by atoms with E-state index in [1.807, 2.05) is 32.3 Å². The summed E-state index contributed by atoms with van der Waals surface area (Å²) in [5.41, 5.74) is 1.59. The molecule has 1 saturated heterocycles. The van der Waals surface area contributed by atoms with Gasteiger partial charge < -0.3 is 19.9 Å². The zero-order chi connectivity index (χ0) is 19.4. The Morgan fingerprint density at radius 3 is 2.67 bits per heavy atom. The van der Waals surface area contributed by atoms with E-state index in [0.717, 1.165) is 26.2 Å². The molecular formula is C18H22N4O3S2. The highest BCUT2D eigenvalue weighted by molar-refractivity contribution is 8.01. The fourth-order valence-electron chi connectivity index (χ4n) is 2.84. The number of aryl methyl sites for hydroxylation is 1. The second-order valence-corrected chi connectivity index (χ2v) is 8.46. The Bertz CT molecular complexity index is 832. The number of nitrogens with zero attached hydrogens (tertiary/aromatic N) is 3. The minimum absolute atomic E-state index is 0.0699. The number of rotatable bonds is 6. The number of carbonyl (C=O) groups is 2. The summed E-state index contributed by atoms with van der Waals surface area (Å²) in [4.78, 5) is 32.7. The van der Waals surface area contributed by atoms with Gasteiger partial charge in [0.2, 0.25) is 6.41 Å². The van der Waals surface area contributed by atoms with Gasteiger partial charge in [-0.05, 0) is 24.6 Å². The van der Waals surface area contributed by atoms with Crippen molar-refractivity contribution in [3.63, 3.8) is 0 Å². The first-order chi connectivity index (χ1) is 13.0. The van der Waals surface area contributed by atoms with Crippen molar-refractivity contribution in [3.05, 3.63) is 29.5 Å². The van der Waals surface area contributed by atoms with Crippen molar-refractivity contribution in [1.29, 1.82) is 0 Å². The van der Waals surface area contributed by atoms with Crippen molar-refractivity contribution in [3.8, 4) is 5.75 Å². The van der Waals surface area contributed by atoms with Crippen molar-refractivity contribution in [1.82, 2.24) is 14.8 Å². The summed E-state index contributed by atoms with van der Waals surface area (Å²) < 4.78 is 6.51. The van der Waals surface area contributed by atoms with E-state index < -0.39 is 0 Å². The van der Waals surface area contributed by atoms with Crippen LogP contribution in [-0.2, 0) is 4.79 Å². The van der Waals surface area contributed by atoms with E-state index in [9.17, 15) is 9.59 Å². The zero-order valence-electron chi connectivity index (χ0n) is 15.5. The summed E-state index contributed by atoms with van der Waals surface area (Å²) in [6.07, 6.45) is 2.66. The van der Waals surface area contributed by atoms with Crippen molar-refractivity contribution < 1.29 is 14.3 Å². The van der Waals surface area contributed by atoms with Crippen molar-refractivity contribution >= 4 is 40.5 Å². The number of anilines is 1. The molecular weight excluding hydrogens is 384 g/mol. The van der Waals surface area contributed by atoms with Crippen LogP contribution in [0.5, 0.6) is 5.75 Å². The molecule has 144 valence electrons. The molecule has 0 radical (unpaired) electrons. The standard InChI is InChI=1S/C18H22N4O3S2/c1-12-8-14(25-3)13(17(24)22-6-4-21(11-23)5-7-22)9-15(12)26-16-10-20-18(19-2)27-16/h8-11H,4-7H2,1-3H3,(H,19,20). The number of hydrogen-bond donors (Lipinski definition) is 1. The first-order valence-corrected chi connectivity index (χ1v) is 10.2. The fraction of sp³-hybridized carbons (Fsp3) is 0.389. The molecule has 1 N–H and O–H groups in total. The lowest BCUT2D eigenvalue weighted by atomic mass is 10.1. The highest BCUT2D eigenvalue weighted by Crippen LogP contribution is 2.38. The monoisotopic (exact) mass is 406 g/mol. The number of thiazole rings is 1. The molecule has 1 aromatic carbocycles. The number of amides is 2. The summed E-state index contributed by atoms with van der Waals surface area (Å²) in [6, 6.07) is 3.79. The molecule has 7 nitrogen and oxygen atoms in total. The molecule has 3 rings (SSSR count). The highest BCUT2D eigenvalue weighted by Gasteiger charge is 2.25. The third-order valence-corrected chi connectivity index (χ3v) is 6.66. The van der Waals surface area contributed by atoms with Gasteiger partial charge in [0.25, 0.3) is 5.91 Å². The van der Waals surface area contributed by atoms with Crippen LogP contribution in [0.4, 0.5) is 5.13 Å². The number of hydrogen-bond acceptors (Lipinski definition) is 7. The number of piperazine rings is 1. The molecule has 0 aliphatic carbocycles. The minimum atomic E-state index is -0.0699. The SMILES string of the molecule is CNc1ncc(Sc2cc(C(=O)N3CCN(C=O)CC3)c(OC)cc2C)s1. The van der Waals surface area contributed by atoms with Crippen LogP contribution in [0.3, 0.4) is 0 Å². The van der Waals surface area contributed by atoms with Gasteiger partial charge in [-0.15, -0.1) is 0 Å². The van der Waals surface area contributed by atoms with Crippen LogP contribution in [0.1, 0.15) is 15.9 Å². The second kappa shape index (κ2) is 8.62. The predicted octanol–water partition coefficient (Wildman–Crippen LogP) is 2.57. The molecule has 0 saturated carbocycles. The summed E-state index contributed by atoms with van der Waals surface area (Å²) in [7, 11) is 3.41. The molecule has 2 amide bonds. The average Bonchev–Trinajstić information content (AvgIpc) is 3.16. The lowest BCUT2D eigenvalue weighted by Crippen LogP contribution is -2.48. The van der Waals surface area contributed by atoms with Crippen LogP contribution in [0, 0.1) is 6.92 Å². The van der Waals surface area contributed by atoms with E-state index in [0.29, 0.717) is 37.5 Å². The molecule has 9 heteroatoms. The van der Waals surface area contributed by atoms with Gasteiger partial charge in [0.05, 0.1) is 23.1 Å². The van der Waals surface area contributed by atoms with Gasteiger partial charge in [-0.2, -0.15) is 0 Å². The van der Waals surface area contributed by atoms with E-state index >= 15 is 0 Å². The van der Waals surface area contributed by atoms with Crippen molar-refractivity contribution in [2.75, 3.05) is 45.7 Å². The number of methoxy groups -OCH3 is 1. The maximum atomic E-state index is 13.1. The van der Waals surface area contributed by atoms with E-state index in [-0.39, 0.29) is 5.91 Å². The van der Waals surface area contributed by atoms with Crippen LogP contribution >= 0.6 is 23.1 Å². The summed E-state index contributed by atoms with van der Waals surface area (Å²) >= 11 is 3.15. The molecule has 1 fully saturated rings. The lowest BCUT2D eigenvalue weighted by Gasteiger charge is -2.33. The van der Waals surface area contributed by atoms with Crippen LogP contribution in [-0.4, -0.2) is 67.4 Å². The molecule has 2 aromatic rings.